The molecule has 0 aliphatic heterocycles. The molecule has 1 aromatic carbocycles. The topological polar surface area (TPSA) is 52.6 Å². The summed E-state index contributed by atoms with van der Waals surface area (Å²) >= 11 is 1.62. The summed E-state index contributed by atoms with van der Waals surface area (Å²) in [5.41, 5.74) is 3.62. The number of aliphatic hydroxyl groups excluding tert-OH is 1. The van der Waals surface area contributed by atoms with Crippen LogP contribution >= 0.6 is 11.3 Å². The molecular formula is C19H26N2O2S. The fourth-order valence-electron chi connectivity index (χ4n) is 2.57. The number of carbonyl (C=O) groups excluding carboxylic acids is 1. The van der Waals surface area contributed by atoms with E-state index in [4.69, 9.17) is 0 Å². The molecule has 0 saturated heterocycles. The summed E-state index contributed by atoms with van der Waals surface area (Å²) in [6, 6.07) is 10.2. The molecule has 0 bridgehead atoms. The van der Waals surface area contributed by atoms with Crippen LogP contribution in [-0.4, -0.2) is 42.2 Å². The number of carbonyl (C=O) groups is 1. The molecule has 130 valence electrons. The van der Waals surface area contributed by atoms with E-state index in [-0.39, 0.29) is 12.5 Å². The fourth-order valence-corrected chi connectivity index (χ4v) is 3.66. The van der Waals surface area contributed by atoms with E-state index in [0.29, 0.717) is 13.1 Å². The number of anilines is 1. The minimum absolute atomic E-state index is 0.0270. The van der Waals surface area contributed by atoms with Crippen molar-refractivity contribution < 1.29 is 9.90 Å². The van der Waals surface area contributed by atoms with Gasteiger partial charge in [0.25, 0.3) is 0 Å². The lowest BCUT2D eigenvalue weighted by atomic mass is 10.1. The Hall–Kier alpha value is -1.69. The van der Waals surface area contributed by atoms with Crippen molar-refractivity contribution in [3.63, 3.8) is 0 Å². The predicted octanol–water partition coefficient (Wildman–Crippen LogP) is 3.15. The molecule has 1 amide bonds. The molecule has 2 rings (SSSR count). The highest BCUT2D eigenvalue weighted by Crippen LogP contribution is 2.31. The van der Waals surface area contributed by atoms with Gasteiger partial charge in [-0.3, -0.25) is 9.69 Å². The molecule has 0 saturated carbocycles. The van der Waals surface area contributed by atoms with Crippen molar-refractivity contribution in [2.45, 2.75) is 27.2 Å². The van der Waals surface area contributed by atoms with Crippen LogP contribution in [0.3, 0.4) is 0 Å². The maximum Gasteiger partial charge on any atom is 0.239 e. The maximum atomic E-state index is 12.4. The molecule has 1 aromatic heterocycles. The summed E-state index contributed by atoms with van der Waals surface area (Å²) in [5, 5.41) is 13.2. The third-order valence-corrected chi connectivity index (χ3v) is 5.51. The number of hydrogen-bond acceptors (Lipinski definition) is 4. The minimum Gasteiger partial charge on any atom is -0.395 e. The second-order valence-corrected chi connectivity index (χ2v) is 7.25. The number of aliphatic hydroxyl groups is 1. The molecule has 0 unspecified atom stereocenters. The van der Waals surface area contributed by atoms with Crippen molar-refractivity contribution in [2.24, 2.45) is 0 Å². The lowest BCUT2D eigenvalue weighted by molar-refractivity contribution is -0.117. The largest absolute Gasteiger partial charge is 0.395 e. The van der Waals surface area contributed by atoms with Gasteiger partial charge in [-0.1, -0.05) is 30.3 Å². The number of nitrogens with one attached hydrogen (secondary N) is 1. The van der Waals surface area contributed by atoms with Crippen molar-refractivity contribution in [3.8, 4) is 0 Å². The average molecular weight is 346 g/mol. The van der Waals surface area contributed by atoms with Crippen LogP contribution in [0.25, 0.3) is 0 Å². The Kier molecular flexibility index (Phi) is 6.97. The molecule has 2 aromatic rings. The molecule has 0 radical (unpaired) electrons. The van der Waals surface area contributed by atoms with Gasteiger partial charge in [-0.15, -0.1) is 11.3 Å². The molecule has 0 fully saturated rings. The number of amides is 1. The third-order valence-electron chi connectivity index (χ3n) is 4.28. The van der Waals surface area contributed by atoms with Gasteiger partial charge in [-0.2, -0.15) is 0 Å². The van der Waals surface area contributed by atoms with Crippen LogP contribution in [0.15, 0.2) is 30.3 Å². The predicted molar refractivity (Wildman–Crippen MR) is 101 cm³/mol. The first-order chi connectivity index (χ1) is 11.5. The van der Waals surface area contributed by atoms with Crippen LogP contribution in [0.4, 0.5) is 5.00 Å². The maximum absolute atomic E-state index is 12.4. The monoisotopic (exact) mass is 346 g/mol. The van der Waals surface area contributed by atoms with E-state index in [1.54, 1.807) is 11.3 Å². The molecule has 0 aliphatic rings. The Balaban J connectivity index is 1.91. The molecule has 4 nitrogen and oxygen atoms in total. The van der Waals surface area contributed by atoms with Gasteiger partial charge in [0.05, 0.1) is 18.2 Å². The first-order valence-electron chi connectivity index (χ1n) is 8.25. The summed E-state index contributed by atoms with van der Waals surface area (Å²) in [6.07, 6.45) is 0.865. The van der Waals surface area contributed by atoms with Gasteiger partial charge in [0, 0.05) is 18.0 Å². The van der Waals surface area contributed by atoms with E-state index < -0.39 is 0 Å². The number of rotatable bonds is 8. The van der Waals surface area contributed by atoms with Crippen molar-refractivity contribution in [3.05, 3.63) is 51.9 Å². The Morgan fingerprint density at radius 2 is 1.83 bits per heavy atom. The van der Waals surface area contributed by atoms with Crippen LogP contribution in [0.5, 0.6) is 0 Å². The van der Waals surface area contributed by atoms with E-state index in [0.717, 1.165) is 23.5 Å². The highest BCUT2D eigenvalue weighted by molar-refractivity contribution is 7.16. The summed E-state index contributed by atoms with van der Waals surface area (Å²) in [4.78, 5) is 15.6. The van der Waals surface area contributed by atoms with Crippen LogP contribution in [-0.2, 0) is 11.2 Å². The van der Waals surface area contributed by atoms with Gasteiger partial charge in [0.15, 0.2) is 0 Å². The first-order valence-corrected chi connectivity index (χ1v) is 9.06. The van der Waals surface area contributed by atoms with Gasteiger partial charge in [0.1, 0.15) is 0 Å². The van der Waals surface area contributed by atoms with Crippen molar-refractivity contribution >= 4 is 22.2 Å². The fraction of sp³-hybridized carbons (Fsp3) is 0.421. The number of thiophene rings is 1. The SMILES string of the molecule is Cc1sc(NC(=O)CN(CCO)CCc2ccccc2)c(C)c1C. The van der Waals surface area contributed by atoms with Crippen LogP contribution in [0, 0.1) is 20.8 Å². The standard InChI is InChI=1S/C19H26N2O2S/c1-14-15(2)19(24-16(14)3)20-18(23)13-21(11-12-22)10-9-17-7-5-4-6-8-17/h4-8,22H,9-13H2,1-3H3,(H,20,23). The summed E-state index contributed by atoms with van der Waals surface area (Å²) in [6.45, 7) is 7.78. The minimum atomic E-state index is -0.0270. The molecular weight excluding hydrogens is 320 g/mol. The Morgan fingerprint density at radius 1 is 1.12 bits per heavy atom. The van der Waals surface area contributed by atoms with Gasteiger partial charge < -0.3 is 10.4 Å². The zero-order chi connectivity index (χ0) is 17.5. The molecule has 1 heterocycles. The molecule has 0 atom stereocenters. The number of aryl methyl sites for hydroxylation is 1. The molecule has 2 N–H and O–H groups in total. The Bertz CT molecular complexity index is 668. The zero-order valence-corrected chi connectivity index (χ0v) is 15.4. The quantitative estimate of drug-likeness (QED) is 0.772. The summed E-state index contributed by atoms with van der Waals surface area (Å²) in [5.74, 6) is -0.0270. The Labute approximate surface area is 148 Å². The van der Waals surface area contributed by atoms with Gasteiger partial charge in [-0.25, -0.2) is 0 Å². The van der Waals surface area contributed by atoms with Crippen LogP contribution < -0.4 is 5.32 Å². The molecule has 0 aliphatic carbocycles. The second kappa shape index (κ2) is 8.97. The van der Waals surface area contributed by atoms with Crippen LogP contribution in [0.1, 0.15) is 21.6 Å². The zero-order valence-electron chi connectivity index (χ0n) is 14.6. The number of nitrogens with zero attached hydrogens (tertiary/aromatic N) is 1. The van der Waals surface area contributed by atoms with Crippen LogP contribution in [0.2, 0.25) is 0 Å². The van der Waals surface area contributed by atoms with E-state index in [9.17, 15) is 9.90 Å². The normalized spacial score (nSPS) is 11.0. The first kappa shape index (κ1) is 18.6. The van der Waals surface area contributed by atoms with Gasteiger partial charge >= 0.3 is 0 Å². The van der Waals surface area contributed by atoms with E-state index in [1.807, 2.05) is 30.0 Å². The van der Waals surface area contributed by atoms with E-state index in [2.05, 4.69) is 31.3 Å². The number of hydrogen-bond donors (Lipinski definition) is 2. The van der Waals surface area contributed by atoms with Crippen molar-refractivity contribution in [1.82, 2.24) is 4.90 Å². The summed E-state index contributed by atoms with van der Waals surface area (Å²) < 4.78 is 0. The Morgan fingerprint density at radius 3 is 2.42 bits per heavy atom. The second-order valence-electron chi connectivity index (χ2n) is 6.02. The smallest absolute Gasteiger partial charge is 0.239 e. The average Bonchev–Trinajstić information content (AvgIpc) is 2.81. The highest BCUT2D eigenvalue weighted by Gasteiger charge is 2.14. The van der Waals surface area contributed by atoms with E-state index in [1.165, 1.54) is 16.0 Å². The molecule has 0 spiro atoms. The summed E-state index contributed by atoms with van der Waals surface area (Å²) in [7, 11) is 0. The van der Waals surface area contributed by atoms with E-state index >= 15 is 0 Å². The van der Waals surface area contributed by atoms with Crippen molar-refractivity contribution in [1.29, 1.82) is 0 Å². The van der Waals surface area contributed by atoms with Crippen molar-refractivity contribution in [2.75, 3.05) is 31.6 Å². The lowest BCUT2D eigenvalue weighted by Gasteiger charge is -2.20. The molecule has 24 heavy (non-hydrogen) atoms. The lowest BCUT2D eigenvalue weighted by Crippen LogP contribution is -2.36. The molecule has 5 heteroatoms. The highest BCUT2D eigenvalue weighted by atomic mass is 32.1. The number of benzene rings is 1. The third kappa shape index (κ3) is 5.16. The van der Waals surface area contributed by atoms with Gasteiger partial charge in [-0.05, 0) is 43.9 Å². The van der Waals surface area contributed by atoms with Gasteiger partial charge in [0.2, 0.25) is 5.91 Å².